The van der Waals surface area contributed by atoms with Crippen LogP contribution in [0.25, 0.3) is 0 Å². The van der Waals surface area contributed by atoms with E-state index < -0.39 is 41.6 Å². The van der Waals surface area contributed by atoms with E-state index in [1.165, 1.54) is 11.0 Å². The van der Waals surface area contributed by atoms with Crippen LogP contribution in [0.15, 0.2) is 72.8 Å². The van der Waals surface area contributed by atoms with Crippen LogP contribution in [0.2, 0.25) is 0 Å². The number of phenolic OH excluding ortho intramolecular Hbond substituents is 1. The van der Waals surface area contributed by atoms with Crippen molar-refractivity contribution >= 4 is 23.6 Å². The zero-order valence-electron chi connectivity index (χ0n) is 24.9. The summed E-state index contributed by atoms with van der Waals surface area (Å²) in [6, 6.07) is 18.8. The summed E-state index contributed by atoms with van der Waals surface area (Å²) in [5.74, 6) is -1.09. The highest BCUT2D eigenvalue weighted by Gasteiger charge is 2.39. The molecule has 0 aliphatic carbocycles. The molecule has 8 heteroatoms. The van der Waals surface area contributed by atoms with Gasteiger partial charge in [0, 0.05) is 23.7 Å². The molecule has 0 fully saturated rings. The maximum Gasteiger partial charge on any atom is 0.408 e. The predicted octanol–water partition coefficient (Wildman–Crippen LogP) is 6.06. The molecule has 2 unspecified atom stereocenters. The lowest BCUT2D eigenvalue weighted by Gasteiger charge is -2.37. The second-order valence-corrected chi connectivity index (χ2v) is 11.4. The molecule has 0 spiro atoms. The van der Waals surface area contributed by atoms with E-state index in [4.69, 9.17) is 4.74 Å². The molecule has 3 rings (SSSR count). The number of aromatic hydroxyl groups is 1. The minimum atomic E-state index is -1.19. The topological polar surface area (TPSA) is 108 Å². The van der Waals surface area contributed by atoms with Crippen LogP contribution in [0.4, 0.5) is 10.5 Å². The number of aryl methyl sites for hydroxylation is 2. The van der Waals surface area contributed by atoms with E-state index >= 15 is 0 Å². The first-order chi connectivity index (χ1) is 19.3. The predicted molar refractivity (Wildman–Crippen MR) is 161 cm³/mol. The Balaban J connectivity index is 2.09. The number of benzene rings is 3. The standard InChI is InChI=1S/C33H41N3O5/c1-21(2)36(31(39)26(20-24-16-9-8-10-17-24)34-32(40)41-33(5,6)7)29(25-18-11-12-19-27(25)37)30(38)35-28-22(3)14-13-15-23(28)4/h8-19,21,26,29,37H,20H2,1-7H3,(H,34,40)(H,35,38). The van der Waals surface area contributed by atoms with Crippen LogP contribution in [0, 0.1) is 13.8 Å². The fraction of sp³-hybridized carbons (Fsp3) is 0.364. The van der Waals surface area contributed by atoms with E-state index in [-0.39, 0.29) is 17.7 Å². The third-order valence-electron chi connectivity index (χ3n) is 6.57. The lowest BCUT2D eigenvalue weighted by molar-refractivity contribution is -0.143. The molecule has 0 bridgehead atoms. The maximum atomic E-state index is 14.4. The van der Waals surface area contributed by atoms with Gasteiger partial charge in [-0.2, -0.15) is 0 Å². The Hall–Kier alpha value is -4.33. The van der Waals surface area contributed by atoms with Crippen molar-refractivity contribution in [1.29, 1.82) is 0 Å². The van der Waals surface area contributed by atoms with Crippen molar-refractivity contribution in [2.75, 3.05) is 5.32 Å². The van der Waals surface area contributed by atoms with Gasteiger partial charge in [0.15, 0.2) is 0 Å². The number of hydrogen-bond donors (Lipinski definition) is 3. The highest BCUT2D eigenvalue weighted by Crippen LogP contribution is 2.33. The van der Waals surface area contributed by atoms with Crippen LogP contribution in [-0.2, 0) is 20.7 Å². The third kappa shape index (κ3) is 8.33. The summed E-state index contributed by atoms with van der Waals surface area (Å²) >= 11 is 0. The van der Waals surface area contributed by atoms with Crippen LogP contribution >= 0.6 is 0 Å². The van der Waals surface area contributed by atoms with Gasteiger partial charge in [0.2, 0.25) is 5.91 Å². The number of carbonyl (C=O) groups excluding carboxylic acids is 3. The Morgan fingerprint density at radius 3 is 2.02 bits per heavy atom. The van der Waals surface area contributed by atoms with E-state index in [0.29, 0.717) is 5.69 Å². The Morgan fingerprint density at radius 2 is 1.46 bits per heavy atom. The molecular formula is C33H41N3O5. The second-order valence-electron chi connectivity index (χ2n) is 11.4. The van der Waals surface area contributed by atoms with Gasteiger partial charge in [0.1, 0.15) is 23.4 Å². The smallest absolute Gasteiger partial charge is 0.408 e. The minimum absolute atomic E-state index is 0.118. The fourth-order valence-corrected chi connectivity index (χ4v) is 4.70. The SMILES string of the molecule is Cc1cccc(C)c1NC(=O)C(c1ccccc1O)N(C(=O)C(Cc1ccccc1)NC(=O)OC(C)(C)C)C(C)C. The Bertz CT molecular complexity index is 1340. The number of para-hydroxylation sites is 2. The number of rotatable bonds is 9. The molecule has 0 aliphatic rings. The first-order valence-corrected chi connectivity index (χ1v) is 13.8. The molecule has 3 aromatic carbocycles. The van der Waals surface area contributed by atoms with Gasteiger partial charge in [-0.15, -0.1) is 0 Å². The normalized spacial score (nSPS) is 12.8. The van der Waals surface area contributed by atoms with Crippen LogP contribution in [0.1, 0.15) is 62.9 Å². The van der Waals surface area contributed by atoms with Crippen LogP contribution < -0.4 is 10.6 Å². The van der Waals surface area contributed by atoms with Crippen LogP contribution in [-0.4, -0.2) is 45.6 Å². The summed E-state index contributed by atoms with van der Waals surface area (Å²) in [6.45, 7) is 12.6. The van der Waals surface area contributed by atoms with Gasteiger partial charge in [-0.1, -0.05) is 66.7 Å². The summed E-state index contributed by atoms with van der Waals surface area (Å²) in [6.07, 6.45) is -0.566. The summed E-state index contributed by atoms with van der Waals surface area (Å²) < 4.78 is 5.47. The average Bonchev–Trinajstić information content (AvgIpc) is 2.88. The highest BCUT2D eigenvalue weighted by molar-refractivity contribution is 6.00. The summed E-state index contributed by atoms with van der Waals surface area (Å²) in [5, 5.41) is 16.6. The van der Waals surface area contributed by atoms with Crippen molar-refractivity contribution in [3.63, 3.8) is 0 Å². The van der Waals surface area contributed by atoms with Gasteiger partial charge in [-0.3, -0.25) is 9.59 Å². The van der Waals surface area contributed by atoms with Crippen LogP contribution in [0.5, 0.6) is 5.75 Å². The van der Waals surface area contributed by atoms with Crippen molar-refractivity contribution < 1.29 is 24.2 Å². The molecule has 3 N–H and O–H groups in total. The summed E-state index contributed by atoms with van der Waals surface area (Å²) in [4.78, 5) is 42.8. The number of hydrogen-bond acceptors (Lipinski definition) is 5. The van der Waals surface area contributed by atoms with Crippen molar-refractivity contribution in [1.82, 2.24) is 10.2 Å². The number of phenols is 1. The van der Waals surface area contributed by atoms with Gasteiger partial charge in [-0.05, 0) is 71.2 Å². The summed E-state index contributed by atoms with van der Waals surface area (Å²) in [5.41, 5.74) is 2.70. The molecule has 0 saturated heterocycles. The largest absolute Gasteiger partial charge is 0.508 e. The molecule has 8 nitrogen and oxygen atoms in total. The van der Waals surface area contributed by atoms with Gasteiger partial charge in [0.05, 0.1) is 0 Å². The van der Waals surface area contributed by atoms with E-state index in [0.717, 1.165) is 16.7 Å². The molecule has 0 radical (unpaired) electrons. The second kappa shape index (κ2) is 13.4. The van der Waals surface area contributed by atoms with Gasteiger partial charge in [0.25, 0.3) is 5.91 Å². The molecular weight excluding hydrogens is 518 g/mol. The Labute approximate surface area is 242 Å². The zero-order valence-corrected chi connectivity index (χ0v) is 24.9. The van der Waals surface area contributed by atoms with Crippen LogP contribution in [0.3, 0.4) is 0 Å². The number of amides is 3. The molecule has 2 atom stereocenters. The number of alkyl carbamates (subject to hydrolysis) is 1. The van der Waals surface area contributed by atoms with Crippen molar-refractivity contribution in [3.05, 3.63) is 95.1 Å². The Morgan fingerprint density at radius 1 is 0.878 bits per heavy atom. The lowest BCUT2D eigenvalue weighted by atomic mass is 9.98. The van der Waals surface area contributed by atoms with Gasteiger partial charge >= 0.3 is 6.09 Å². The van der Waals surface area contributed by atoms with Crippen molar-refractivity contribution in [2.45, 2.75) is 78.6 Å². The summed E-state index contributed by atoms with van der Waals surface area (Å²) in [7, 11) is 0. The maximum absolute atomic E-state index is 14.4. The number of nitrogens with zero attached hydrogens (tertiary/aromatic N) is 1. The van der Waals surface area contributed by atoms with E-state index in [1.807, 2.05) is 62.4 Å². The molecule has 3 aromatic rings. The van der Waals surface area contributed by atoms with E-state index in [9.17, 15) is 19.5 Å². The molecule has 3 amide bonds. The molecule has 41 heavy (non-hydrogen) atoms. The van der Waals surface area contributed by atoms with E-state index in [2.05, 4.69) is 10.6 Å². The first kappa shape index (κ1) is 31.2. The fourth-order valence-electron chi connectivity index (χ4n) is 4.70. The number of ether oxygens (including phenoxy) is 1. The number of carbonyl (C=O) groups is 3. The first-order valence-electron chi connectivity index (χ1n) is 13.8. The molecule has 0 aliphatic heterocycles. The molecule has 0 aromatic heterocycles. The quantitative estimate of drug-likeness (QED) is 0.295. The highest BCUT2D eigenvalue weighted by atomic mass is 16.6. The average molecular weight is 560 g/mol. The molecule has 0 saturated carbocycles. The number of anilines is 1. The number of nitrogens with one attached hydrogen (secondary N) is 2. The van der Waals surface area contributed by atoms with Gasteiger partial charge < -0.3 is 25.4 Å². The molecule has 0 heterocycles. The van der Waals surface area contributed by atoms with Crippen molar-refractivity contribution in [3.8, 4) is 5.75 Å². The van der Waals surface area contributed by atoms with E-state index in [1.54, 1.807) is 52.8 Å². The minimum Gasteiger partial charge on any atom is -0.508 e. The Kier molecular flexibility index (Phi) is 10.2. The third-order valence-corrected chi connectivity index (χ3v) is 6.57. The monoisotopic (exact) mass is 559 g/mol. The molecule has 218 valence electrons. The zero-order chi connectivity index (χ0) is 30.3. The van der Waals surface area contributed by atoms with Crippen molar-refractivity contribution in [2.24, 2.45) is 0 Å². The lowest BCUT2D eigenvalue weighted by Crippen LogP contribution is -2.55. The van der Waals surface area contributed by atoms with Gasteiger partial charge in [-0.25, -0.2) is 4.79 Å².